The molecule has 1 aromatic heterocycles. The average Bonchev–Trinajstić information content (AvgIpc) is 2.91. The van der Waals surface area contributed by atoms with Crippen molar-refractivity contribution in [3.05, 3.63) is 78.1 Å². The molecule has 0 aliphatic heterocycles. The van der Waals surface area contributed by atoms with Gasteiger partial charge in [-0.2, -0.15) is 0 Å². The second kappa shape index (κ2) is 5.74. The maximum atomic E-state index is 13.2. The predicted molar refractivity (Wildman–Crippen MR) is 96.7 cm³/mol. The van der Waals surface area contributed by atoms with Crippen molar-refractivity contribution in [3.63, 3.8) is 0 Å². The number of para-hydroxylation sites is 2. The van der Waals surface area contributed by atoms with E-state index in [2.05, 4.69) is 53.3 Å². The molecule has 0 radical (unpaired) electrons. The van der Waals surface area contributed by atoms with Crippen molar-refractivity contribution >= 4 is 33.6 Å². The lowest BCUT2D eigenvalue weighted by molar-refractivity contribution is 0.626. The maximum absolute atomic E-state index is 13.2. The first kappa shape index (κ1) is 14.3. The molecule has 3 heteroatoms. The summed E-state index contributed by atoms with van der Waals surface area (Å²) in [6, 6.07) is 21.7. The standard InChI is InChI=1S/C20H16FNS/c1-23-19-8-4-6-17-16-5-2-3-7-18(16)22(20(17)19)13-14-9-11-15(21)12-10-14/h2-12H,13H2,1H3. The Morgan fingerprint density at radius 3 is 2.39 bits per heavy atom. The number of aromatic nitrogens is 1. The van der Waals surface area contributed by atoms with Gasteiger partial charge in [0.15, 0.2) is 0 Å². The fourth-order valence-corrected chi connectivity index (χ4v) is 3.80. The first-order chi connectivity index (χ1) is 11.3. The van der Waals surface area contributed by atoms with E-state index in [4.69, 9.17) is 0 Å². The quantitative estimate of drug-likeness (QED) is 0.438. The van der Waals surface area contributed by atoms with Gasteiger partial charge in [0, 0.05) is 27.7 Å². The topological polar surface area (TPSA) is 4.93 Å². The van der Waals surface area contributed by atoms with E-state index in [-0.39, 0.29) is 5.82 Å². The Balaban J connectivity index is 2.00. The Labute approximate surface area is 138 Å². The van der Waals surface area contributed by atoms with E-state index in [0.717, 1.165) is 12.1 Å². The van der Waals surface area contributed by atoms with E-state index in [0.29, 0.717) is 0 Å². The normalized spacial score (nSPS) is 11.4. The summed E-state index contributed by atoms with van der Waals surface area (Å²) in [4.78, 5) is 1.26. The van der Waals surface area contributed by atoms with Crippen molar-refractivity contribution in [1.82, 2.24) is 4.57 Å². The van der Waals surface area contributed by atoms with Crippen LogP contribution in [0.1, 0.15) is 5.56 Å². The smallest absolute Gasteiger partial charge is 0.123 e. The summed E-state index contributed by atoms with van der Waals surface area (Å²) in [6.07, 6.45) is 2.11. The average molecular weight is 321 g/mol. The van der Waals surface area contributed by atoms with Crippen LogP contribution in [0.5, 0.6) is 0 Å². The fourth-order valence-electron chi connectivity index (χ4n) is 3.18. The van der Waals surface area contributed by atoms with Gasteiger partial charge in [-0.05, 0) is 36.1 Å². The SMILES string of the molecule is CSc1cccc2c3ccccc3n(Cc3ccc(F)cc3)c12. The van der Waals surface area contributed by atoms with Crippen LogP contribution in [0.4, 0.5) is 4.39 Å². The molecule has 0 fully saturated rings. The molecule has 1 heterocycles. The van der Waals surface area contributed by atoms with Crippen molar-refractivity contribution in [3.8, 4) is 0 Å². The molecular formula is C20H16FNS. The first-order valence-electron chi connectivity index (χ1n) is 7.56. The lowest BCUT2D eigenvalue weighted by Gasteiger charge is -2.10. The number of rotatable bonds is 3. The van der Waals surface area contributed by atoms with Gasteiger partial charge in [-0.25, -0.2) is 4.39 Å². The Kier molecular flexibility index (Phi) is 3.58. The first-order valence-corrected chi connectivity index (χ1v) is 8.79. The van der Waals surface area contributed by atoms with Gasteiger partial charge >= 0.3 is 0 Å². The van der Waals surface area contributed by atoms with Gasteiger partial charge in [0.25, 0.3) is 0 Å². The monoisotopic (exact) mass is 321 g/mol. The van der Waals surface area contributed by atoms with Crippen LogP contribution in [0.25, 0.3) is 21.8 Å². The third-order valence-corrected chi connectivity index (χ3v) is 5.00. The van der Waals surface area contributed by atoms with E-state index in [9.17, 15) is 4.39 Å². The molecule has 0 atom stereocenters. The van der Waals surface area contributed by atoms with Gasteiger partial charge in [-0.1, -0.05) is 42.5 Å². The van der Waals surface area contributed by atoms with Crippen LogP contribution < -0.4 is 0 Å². The highest BCUT2D eigenvalue weighted by molar-refractivity contribution is 7.98. The van der Waals surface area contributed by atoms with Gasteiger partial charge in [0.05, 0.1) is 5.52 Å². The van der Waals surface area contributed by atoms with E-state index in [1.165, 1.54) is 38.8 Å². The second-order valence-corrected chi connectivity index (χ2v) is 6.43. The van der Waals surface area contributed by atoms with Gasteiger partial charge in [0.1, 0.15) is 5.82 Å². The van der Waals surface area contributed by atoms with Gasteiger partial charge in [-0.3, -0.25) is 0 Å². The minimum Gasteiger partial charge on any atom is -0.335 e. The van der Waals surface area contributed by atoms with Crippen molar-refractivity contribution in [1.29, 1.82) is 0 Å². The summed E-state index contributed by atoms with van der Waals surface area (Å²) in [5.41, 5.74) is 3.57. The zero-order chi connectivity index (χ0) is 15.8. The van der Waals surface area contributed by atoms with Crippen LogP contribution in [0.3, 0.4) is 0 Å². The van der Waals surface area contributed by atoms with Crippen LogP contribution in [0.15, 0.2) is 71.6 Å². The minimum absolute atomic E-state index is 0.194. The molecule has 0 saturated carbocycles. The minimum atomic E-state index is -0.194. The van der Waals surface area contributed by atoms with Gasteiger partial charge in [-0.15, -0.1) is 11.8 Å². The van der Waals surface area contributed by atoms with Crippen LogP contribution in [-0.2, 0) is 6.54 Å². The highest BCUT2D eigenvalue weighted by Crippen LogP contribution is 2.35. The molecule has 0 spiro atoms. The molecule has 23 heavy (non-hydrogen) atoms. The number of halogens is 1. The highest BCUT2D eigenvalue weighted by atomic mass is 32.2. The Hall–Kier alpha value is -2.26. The molecule has 0 N–H and O–H groups in total. The van der Waals surface area contributed by atoms with Crippen molar-refractivity contribution in [2.24, 2.45) is 0 Å². The summed E-state index contributed by atoms with van der Waals surface area (Å²) in [6.45, 7) is 0.738. The molecule has 4 rings (SSSR count). The maximum Gasteiger partial charge on any atom is 0.123 e. The van der Waals surface area contributed by atoms with Crippen LogP contribution in [0, 0.1) is 5.82 Å². The molecule has 0 unspecified atom stereocenters. The third kappa shape index (κ3) is 2.41. The molecule has 0 amide bonds. The summed E-state index contributed by atoms with van der Waals surface area (Å²) in [7, 11) is 0. The summed E-state index contributed by atoms with van der Waals surface area (Å²) in [5, 5.41) is 2.54. The molecule has 114 valence electrons. The molecular weight excluding hydrogens is 305 g/mol. The molecule has 4 aromatic rings. The van der Waals surface area contributed by atoms with Crippen LogP contribution >= 0.6 is 11.8 Å². The third-order valence-electron chi connectivity index (χ3n) is 4.23. The zero-order valence-electron chi connectivity index (χ0n) is 12.8. The van der Waals surface area contributed by atoms with E-state index in [1.54, 1.807) is 11.8 Å². The summed E-state index contributed by atoms with van der Waals surface area (Å²) < 4.78 is 15.5. The van der Waals surface area contributed by atoms with E-state index in [1.807, 2.05) is 12.1 Å². The van der Waals surface area contributed by atoms with Crippen molar-refractivity contribution in [2.45, 2.75) is 11.4 Å². The lowest BCUT2D eigenvalue weighted by Crippen LogP contribution is -2.00. The molecule has 0 bridgehead atoms. The highest BCUT2D eigenvalue weighted by Gasteiger charge is 2.13. The van der Waals surface area contributed by atoms with Crippen molar-refractivity contribution < 1.29 is 4.39 Å². The molecule has 1 nitrogen and oxygen atoms in total. The fraction of sp³-hybridized carbons (Fsp3) is 0.100. The number of benzene rings is 3. The molecule has 0 aliphatic rings. The summed E-state index contributed by atoms with van der Waals surface area (Å²) >= 11 is 1.76. The van der Waals surface area contributed by atoms with Crippen LogP contribution in [-0.4, -0.2) is 10.8 Å². The molecule has 0 aliphatic carbocycles. The van der Waals surface area contributed by atoms with Crippen LogP contribution in [0.2, 0.25) is 0 Å². The Bertz CT molecular complexity index is 986. The van der Waals surface area contributed by atoms with Gasteiger partial charge < -0.3 is 4.57 Å². The largest absolute Gasteiger partial charge is 0.335 e. The molecule has 3 aromatic carbocycles. The number of fused-ring (bicyclic) bond motifs is 3. The second-order valence-electron chi connectivity index (χ2n) is 5.59. The van der Waals surface area contributed by atoms with E-state index >= 15 is 0 Å². The number of hydrogen-bond acceptors (Lipinski definition) is 1. The predicted octanol–water partition coefficient (Wildman–Crippen LogP) is 5.70. The van der Waals surface area contributed by atoms with Crippen molar-refractivity contribution in [2.75, 3.05) is 6.26 Å². The van der Waals surface area contributed by atoms with Gasteiger partial charge in [0.2, 0.25) is 0 Å². The van der Waals surface area contributed by atoms with E-state index < -0.39 is 0 Å². The number of nitrogens with zero attached hydrogens (tertiary/aromatic N) is 1. The summed E-state index contributed by atoms with van der Waals surface area (Å²) in [5.74, 6) is -0.194. The number of thioether (sulfide) groups is 1. The molecule has 0 saturated heterocycles. The lowest BCUT2D eigenvalue weighted by atomic mass is 10.1. The Morgan fingerprint density at radius 1 is 0.870 bits per heavy atom. The zero-order valence-corrected chi connectivity index (χ0v) is 13.6. The Morgan fingerprint density at radius 2 is 1.61 bits per heavy atom. The number of hydrogen-bond donors (Lipinski definition) is 0.